The number of nitrogens with two attached hydrogens (primary N) is 1. The lowest BCUT2D eigenvalue weighted by molar-refractivity contribution is -0.135. The monoisotopic (exact) mass is 389 g/mol. The second kappa shape index (κ2) is 8.73. The number of hydrogen-bond donors (Lipinski definition) is 1. The fourth-order valence-corrected chi connectivity index (χ4v) is 3.02. The normalized spacial score (nSPS) is 14.6. The van der Waals surface area contributed by atoms with Crippen LogP contribution < -0.4 is 15.2 Å². The van der Waals surface area contributed by atoms with Crippen molar-refractivity contribution in [2.45, 2.75) is 18.9 Å². The van der Waals surface area contributed by atoms with Gasteiger partial charge in [0.2, 0.25) is 0 Å². The number of ether oxygens (including phenoxy) is 2. The molecule has 7 nitrogen and oxygen atoms in total. The highest BCUT2D eigenvalue weighted by Gasteiger charge is 2.24. The molecule has 2 aromatic rings. The van der Waals surface area contributed by atoms with Gasteiger partial charge in [0, 0.05) is 38.2 Å². The van der Waals surface area contributed by atoms with Crippen LogP contribution in [-0.4, -0.2) is 47.5 Å². The molecule has 1 aromatic heterocycles. The fourth-order valence-electron chi connectivity index (χ4n) is 2.83. The summed E-state index contributed by atoms with van der Waals surface area (Å²) in [6.07, 6.45) is 2.82. The molecule has 2 N–H and O–H groups in total. The number of likely N-dealkylation sites (tertiary alicyclic amines) is 1. The van der Waals surface area contributed by atoms with Gasteiger partial charge in [0.15, 0.2) is 6.61 Å². The first-order chi connectivity index (χ1) is 13.0. The zero-order valence-corrected chi connectivity index (χ0v) is 15.4. The number of primary amides is 1. The number of carbonyl (C=O) groups is 2. The van der Waals surface area contributed by atoms with Gasteiger partial charge in [0.1, 0.15) is 23.3 Å². The summed E-state index contributed by atoms with van der Waals surface area (Å²) in [7, 11) is 0. The van der Waals surface area contributed by atoms with Crippen molar-refractivity contribution in [1.82, 2.24) is 9.88 Å². The first kappa shape index (κ1) is 19.0. The van der Waals surface area contributed by atoms with Crippen LogP contribution in [0.25, 0.3) is 0 Å². The van der Waals surface area contributed by atoms with Crippen LogP contribution in [-0.2, 0) is 4.79 Å². The van der Waals surface area contributed by atoms with E-state index in [1.807, 2.05) is 0 Å². The van der Waals surface area contributed by atoms with Gasteiger partial charge >= 0.3 is 0 Å². The average molecular weight is 390 g/mol. The van der Waals surface area contributed by atoms with Crippen molar-refractivity contribution in [1.29, 1.82) is 0 Å². The molecule has 27 heavy (non-hydrogen) atoms. The Labute approximate surface area is 162 Å². The van der Waals surface area contributed by atoms with Crippen LogP contribution in [0, 0.1) is 0 Å². The summed E-state index contributed by atoms with van der Waals surface area (Å²) in [5.74, 6) is 0.354. The molecule has 3 rings (SSSR count). The Morgan fingerprint density at radius 2 is 1.96 bits per heavy atom. The number of halogens is 1. The molecule has 1 aliphatic heterocycles. The van der Waals surface area contributed by atoms with Gasteiger partial charge < -0.3 is 20.1 Å². The van der Waals surface area contributed by atoms with Gasteiger partial charge in [-0.05, 0) is 18.2 Å². The van der Waals surface area contributed by atoms with E-state index in [1.54, 1.807) is 35.2 Å². The molecule has 0 saturated carbocycles. The average Bonchev–Trinajstić information content (AvgIpc) is 2.68. The molecule has 0 aliphatic carbocycles. The van der Waals surface area contributed by atoms with Crippen LogP contribution in [0.2, 0.25) is 5.02 Å². The van der Waals surface area contributed by atoms with Crippen LogP contribution in [0.3, 0.4) is 0 Å². The van der Waals surface area contributed by atoms with Gasteiger partial charge in [0.25, 0.3) is 11.8 Å². The molecule has 0 spiro atoms. The van der Waals surface area contributed by atoms with Crippen molar-refractivity contribution in [3.05, 3.63) is 53.3 Å². The molecular formula is C19H20ClN3O4. The zero-order chi connectivity index (χ0) is 19.2. The van der Waals surface area contributed by atoms with E-state index in [9.17, 15) is 9.59 Å². The molecule has 1 saturated heterocycles. The number of benzene rings is 1. The Morgan fingerprint density at radius 3 is 2.67 bits per heavy atom. The van der Waals surface area contributed by atoms with E-state index in [-0.39, 0.29) is 24.3 Å². The van der Waals surface area contributed by atoms with Crippen LogP contribution >= 0.6 is 11.6 Å². The maximum atomic E-state index is 12.3. The fraction of sp³-hybridized carbons (Fsp3) is 0.316. The summed E-state index contributed by atoms with van der Waals surface area (Å²) in [4.78, 5) is 29.1. The third-order valence-electron chi connectivity index (χ3n) is 4.27. The second-order valence-electron chi connectivity index (χ2n) is 6.16. The zero-order valence-electron chi connectivity index (χ0n) is 14.6. The Kier molecular flexibility index (Phi) is 6.13. The molecule has 0 unspecified atom stereocenters. The molecule has 1 aliphatic rings. The minimum atomic E-state index is -0.598. The third kappa shape index (κ3) is 5.10. The number of amides is 2. The highest BCUT2D eigenvalue weighted by Crippen LogP contribution is 2.23. The first-order valence-electron chi connectivity index (χ1n) is 8.60. The van der Waals surface area contributed by atoms with Crippen molar-refractivity contribution in [3.63, 3.8) is 0 Å². The Morgan fingerprint density at radius 1 is 1.22 bits per heavy atom. The summed E-state index contributed by atoms with van der Waals surface area (Å²) in [6.45, 7) is 1.09. The maximum absolute atomic E-state index is 12.3. The standard InChI is InChI=1S/C19H20ClN3O4/c20-15-3-1-2-4-17(15)26-12-18(24)23-9-6-13(7-10-23)27-14-5-8-22-16(11-14)19(21)25/h1-5,8,11,13H,6-7,9-10,12H2,(H2,21,25). The van der Waals surface area contributed by atoms with E-state index < -0.39 is 5.91 Å². The minimum absolute atomic E-state index is 0.0401. The van der Waals surface area contributed by atoms with Crippen LogP contribution in [0.4, 0.5) is 0 Å². The molecule has 1 fully saturated rings. The summed E-state index contributed by atoms with van der Waals surface area (Å²) >= 11 is 6.02. The largest absolute Gasteiger partial charge is 0.490 e. The lowest BCUT2D eigenvalue weighted by Gasteiger charge is -2.32. The van der Waals surface area contributed by atoms with Gasteiger partial charge in [-0.25, -0.2) is 0 Å². The maximum Gasteiger partial charge on any atom is 0.267 e. The number of para-hydroxylation sites is 1. The molecule has 2 heterocycles. The Balaban J connectivity index is 1.47. The first-order valence-corrected chi connectivity index (χ1v) is 8.98. The predicted octanol–water partition coefficient (Wildman–Crippen LogP) is 2.28. The van der Waals surface area contributed by atoms with Gasteiger partial charge in [-0.1, -0.05) is 23.7 Å². The third-order valence-corrected chi connectivity index (χ3v) is 4.58. The number of hydrogen-bond acceptors (Lipinski definition) is 5. The van der Waals surface area contributed by atoms with E-state index >= 15 is 0 Å². The van der Waals surface area contributed by atoms with E-state index in [4.69, 9.17) is 26.8 Å². The highest BCUT2D eigenvalue weighted by molar-refractivity contribution is 6.32. The summed E-state index contributed by atoms with van der Waals surface area (Å²) < 4.78 is 11.4. The van der Waals surface area contributed by atoms with Crippen molar-refractivity contribution >= 4 is 23.4 Å². The molecule has 0 bridgehead atoms. The van der Waals surface area contributed by atoms with Crippen molar-refractivity contribution in [3.8, 4) is 11.5 Å². The summed E-state index contributed by atoms with van der Waals surface area (Å²) in [5.41, 5.74) is 5.39. The number of piperidine rings is 1. The van der Waals surface area contributed by atoms with E-state index in [2.05, 4.69) is 4.98 Å². The lowest BCUT2D eigenvalue weighted by Crippen LogP contribution is -2.43. The summed E-state index contributed by atoms with van der Waals surface area (Å²) in [6, 6.07) is 10.3. The van der Waals surface area contributed by atoms with Crippen molar-refractivity contribution in [2.75, 3.05) is 19.7 Å². The molecule has 0 radical (unpaired) electrons. The van der Waals surface area contributed by atoms with Crippen LogP contribution in [0.1, 0.15) is 23.3 Å². The Hall–Kier alpha value is -2.80. The van der Waals surface area contributed by atoms with Gasteiger partial charge in [-0.3, -0.25) is 14.6 Å². The van der Waals surface area contributed by atoms with E-state index in [1.165, 1.54) is 12.3 Å². The van der Waals surface area contributed by atoms with Gasteiger partial charge in [-0.2, -0.15) is 0 Å². The number of rotatable bonds is 6. The number of carbonyl (C=O) groups excluding carboxylic acids is 2. The predicted molar refractivity (Wildman–Crippen MR) is 99.9 cm³/mol. The van der Waals surface area contributed by atoms with Crippen molar-refractivity contribution in [2.24, 2.45) is 5.73 Å². The second-order valence-corrected chi connectivity index (χ2v) is 6.57. The van der Waals surface area contributed by atoms with Crippen LogP contribution in [0.5, 0.6) is 11.5 Å². The SMILES string of the molecule is NC(=O)c1cc(OC2CCN(C(=O)COc3ccccc3Cl)CC2)ccn1. The molecule has 2 amide bonds. The number of nitrogens with zero attached hydrogens (tertiary/aromatic N) is 2. The molecular weight excluding hydrogens is 370 g/mol. The Bertz CT molecular complexity index is 822. The quantitative estimate of drug-likeness (QED) is 0.817. The van der Waals surface area contributed by atoms with E-state index in [0.717, 1.165) is 0 Å². The lowest BCUT2D eigenvalue weighted by atomic mass is 10.1. The van der Waals surface area contributed by atoms with Crippen molar-refractivity contribution < 1.29 is 19.1 Å². The van der Waals surface area contributed by atoms with E-state index in [0.29, 0.717) is 42.5 Å². The number of pyridine rings is 1. The molecule has 1 aromatic carbocycles. The molecule has 0 atom stereocenters. The van der Waals surface area contributed by atoms with Gasteiger partial charge in [0.05, 0.1) is 5.02 Å². The number of aromatic nitrogens is 1. The topological polar surface area (TPSA) is 94.8 Å². The van der Waals surface area contributed by atoms with Crippen LogP contribution in [0.15, 0.2) is 42.6 Å². The minimum Gasteiger partial charge on any atom is -0.490 e. The molecule has 8 heteroatoms. The van der Waals surface area contributed by atoms with Gasteiger partial charge in [-0.15, -0.1) is 0 Å². The molecule has 142 valence electrons. The highest BCUT2D eigenvalue weighted by atomic mass is 35.5. The smallest absolute Gasteiger partial charge is 0.267 e. The summed E-state index contributed by atoms with van der Waals surface area (Å²) in [5, 5.41) is 0.477.